The van der Waals surface area contributed by atoms with E-state index < -0.39 is 23.7 Å². The molecule has 0 fully saturated rings. The first-order valence-corrected chi connectivity index (χ1v) is 12.6. The molecule has 0 unspecified atom stereocenters. The third-order valence-corrected chi connectivity index (χ3v) is 6.25. The van der Waals surface area contributed by atoms with Crippen molar-refractivity contribution in [1.82, 2.24) is 0 Å². The molecule has 4 rings (SSSR count). The van der Waals surface area contributed by atoms with Gasteiger partial charge >= 0.3 is 5.97 Å². The summed E-state index contributed by atoms with van der Waals surface area (Å²) in [5.74, 6) is -1.24. The molecule has 0 aliphatic carbocycles. The fourth-order valence-corrected chi connectivity index (χ4v) is 4.04. The number of rotatable bonds is 10. The molecule has 1 aliphatic heterocycles. The smallest absolute Gasteiger partial charge is 0.338 e. The third kappa shape index (κ3) is 5.92. The van der Waals surface area contributed by atoms with Crippen LogP contribution in [-0.4, -0.2) is 44.5 Å². The molecule has 206 valence electrons. The molecular weight excluding hydrogens is 538 g/mol. The molecule has 10 nitrogen and oxygen atoms in total. The Morgan fingerprint density at radius 2 is 1.55 bits per heavy atom. The predicted octanol–water partition coefficient (Wildman–Crippen LogP) is 4.96. The van der Waals surface area contributed by atoms with Gasteiger partial charge in [-0.15, -0.1) is 0 Å². The lowest BCUT2D eigenvalue weighted by molar-refractivity contribution is -0.120. The van der Waals surface area contributed by atoms with Gasteiger partial charge in [-0.25, -0.2) is 9.69 Å². The number of benzene rings is 3. The molecule has 0 bridgehead atoms. The molecule has 1 heterocycles. The quantitative estimate of drug-likeness (QED) is 0.262. The number of amides is 3. The second-order valence-electron chi connectivity index (χ2n) is 8.54. The van der Waals surface area contributed by atoms with E-state index in [1.165, 1.54) is 38.5 Å². The number of halogens is 1. The van der Waals surface area contributed by atoms with Crippen LogP contribution in [0, 0.1) is 0 Å². The molecule has 0 atom stereocenters. The van der Waals surface area contributed by atoms with Crippen LogP contribution in [0.4, 0.5) is 17.1 Å². The maximum atomic E-state index is 13.1. The summed E-state index contributed by atoms with van der Waals surface area (Å²) in [6.07, 6.45) is 0.690. The second-order valence-corrected chi connectivity index (χ2v) is 8.92. The van der Waals surface area contributed by atoms with Gasteiger partial charge in [-0.3, -0.25) is 14.4 Å². The molecule has 3 amide bonds. The Bertz CT molecular complexity index is 1480. The van der Waals surface area contributed by atoms with Crippen LogP contribution in [0.5, 0.6) is 11.5 Å². The van der Waals surface area contributed by atoms with E-state index >= 15 is 0 Å². The van der Waals surface area contributed by atoms with E-state index in [0.717, 1.165) is 4.90 Å². The molecule has 0 saturated carbocycles. The van der Waals surface area contributed by atoms with Gasteiger partial charge in [0.1, 0.15) is 22.2 Å². The summed E-state index contributed by atoms with van der Waals surface area (Å²) >= 11 is 6.23. The zero-order valence-electron chi connectivity index (χ0n) is 21.9. The molecule has 0 radical (unpaired) electrons. The lowest BCUT2D eigenvalue weighted by Gasteiger charge is -2.15. The molecule has 0 spiro atoms. The summed E-state index contributed by atoms with van der Waals surface area (Å²) in [5, 5.41) is 5.36. The van der Waals surface area contributed by atoms with Crippen LogP contribution < -0.4 is 25.0 Å². The van der Waals surface area contributed by atoms with Crippen LogP contribution in [0.15, 0.2) is 77.5 Å². The van der Waals surface area contributed by atoms with Crippen molar-refractivity contribution in [2.45, 2.75) is 13.3 Å². The number of nitrogens with zero attached hydrogens (tertiary/aromatic N) is 1. The zero-order valence-corrected chi connectivity index (χ0v) is 22.7. The number of carbonyl (C=O) groups excluding carboxylic acids is 4. The van der Waals surface area contributed by atoms with Gasteiger partial charge in [-0.1, -0.05) is 18.5 Å². The first kappa shape index (κ1) is 28.2. The largest absolute Gasteiger partial charge is 0.497 e. The first-order valence-electron chi connectivity index (χ1n) is 12.2. The van der Waals surface area contributed by atoms with Crippen molar-refractivity contribution in [1.29, 1.82) is 0 Å². The van der Waals surface area contributed by atoms with Crippen molar-refractivity contribution in [2.24, 2.45) is 0 Å². The summed E-state index contributed by atoms with van der Waals surface area (Å²) < 4.78 is 15.6. The van der Waals surface area contributed by atoms with E-state index in [9.17, 15) is 19.2 Å². The number of esters is 1. The van der Waals surface area contributed by atoms with Gasteiger partial charge in [0.05, 0.1) is 37.8 Å². The average molecular weight is 564 g/mol. The number of methoxy groups -OCH3 is 2. The van der Waals surface area contributed by atoms with E-state index in [2.05, 4.69) is 10.6 Å². The number of hydrogen-bond donors (Lipinski definition) is 2. The van der Waals surface area contributed by atoms with Crippen LogP contribution in [0.3, 0.4) is 0 Å². The number of ether oxygens (including phenoxy) is 3. The molecule has 0 aromatic heterocycles. The van der Waals surface area contributed by atoms with Crippen molar-refractivity contribution in [3.8, 4) is 11.5 Å². The van der Waals surface area contributed by atoms with Gasteiger partial charge < -0.3 is 24.8 Å². The molecule has 0 saturated heterocycles. The highest BCUT2D eigenvalue weighted by Crippen LogP contribution is 2.31. The molecule has 3 aromatic carbocycles. The zero-order chi connectivity index (χ0) is 28.8. The Labute approximate surface area is 235 Å². The monoisotopic (exact) mass is 563 g/mol. The van der Waals surface area contributed by atoms with Crippen molar-refractivity contribution < 1.29 is 33.4 Å². The van der Waals surface area contributed by atoms with E-state index in [4.69, 9.17) is 25.8 Å². The summed E-state index contributed by atoms with van der Waals surface area (Å²) in [6.45, 7) is 2.18. The maximum absolute atomic E-state index is 13.1. The van der Waals surface area contributed by atoms with Crippen LogP contribution in [-0.2, 0) is 14.3 Å². The summed E-state index contributed by atoms with van der Waals surface area (Å²) in [7, 11) is 3.01. The average Bonchev–Trinajstić information content (AvgIpc) is 3.18. The predicted molar refractivity (Wildman–Crippen MR) is 150 cm³/mol. The van der Waals surface area contributed by atoms with Crippen molar-refractivity contribution in [3.63, 3.8) is 0 Å². The topological polar surface area (TPSA) is 123 Å². The van der Waals surface area contributed by atoms with Gasteiger partial charge in [0.25, 0.3) is 17.7 Å². The Morgan fingerprint density at radius 3 is 2.17 bits per heavy atom. The van der Waals surface area contributed by atoms with Crippen LogP contribution >= 0.6 is 11.6 Å². The minimum Gasteiger partial charge on any atom is -0.497 e. The van der Waals surface area contributed by atoms with E-state index in [0.29, 0.717) is 47.0 Å². The van der Waals surface area contributed by atoms with Crippen molar-refractivity contribution >= 4 is 52.4 Å². The normalized spacial score (nSPS) is 12.8. The standard InChI is InChI=1S/C29H26ClN3O7/c1-4-15-40-29(37)18-7-11-20(12-8-18)33-27(35)24(30)25(28(33)36)31-19-9-5-17(6-10-19)26(34)32-22-16-21(38-2)13-14-23(22)39-3/h5-14,16,31H,4,15H2,1-3H3,(H,32,34). The van der Waals surface area contributed by atoms with Gasteiger partial charge in [0.2, 0.25) is 0 Å². The Balaban J connectivity index is 1.45. The van der Waals surface area contributed by atoms with Crippen molar-refractivity contribution in [3.05, 3.63) is 88.6 Å². The number of carbonyl (C=O) groups is 4. The van der Waals surface area contributed by atoms with Gasteiger partial charge in [-0.2, -0.15) is 0 Å². The molecular formula is C29H26ClN3O7. The lowest BCUT2D eigenvalue weighted by atomic mass is 10.1. The highest BCUT2D eigenvalue weighted by molar-refractivity contribution is 6.53. The molecule has 1 aliphatic rings. The van der Waals surface area contributed by atoms with E-state index in [1.807, 2.05) is 6.92 Å². The Kier molecular flexibility index (Phi) is 8.70. The highest BCUT2D eigenvalue weighted by atomic mass is 35.5. The van der Waals surface area contributed by atoms with Crippen molar-refractivity contribution in [2.75, 3.05) is 36.4 Å². The number of anilines is 3. The molecule has 40 heavy (non-hydrogen) atoms. The van der Waals surface area contributed by atoms with Crippen LogP contribution in [0.1, 0.15) is 34.1 Å². The van der Waals surface area contributed by atoms with Gasteiger partial charge in [0.15, 0.2) is 0 Å². The second kappa shape index (κ2) is 12.4. The number of imide groups is 1. The summed E-state index contributed by atoms with van der Waals surface area (Å²) in [5.41, 5.74) is 1.63. The Morgan fingerprint density at radius 1 is 0.875 bits per heavy atom. The van der Waals surface area contributed by atoms with Crippen LogP contribution in [0.25, 0.3) is 0 Å². The van der Waals surface area contributed by atoms with Gasteiger partial charge in [-0.05, 0) is 67.1 Å². The van der Waals surface area contributed by atoms with E-state index in [1.54, 1.807) is 42.5 Å². The molecule has 11 heteroatoms. The molecule has 3 aromatic rings. The SMILES string of the molecule is CCCOC(=O)c1ccc(N2C(=O)C(Cl)=C(Nc3ccc(C(=O)Nc4cc(OC)ccc4OC)cc3)C2=O)cc1. The minimum atomic E-state index is -0.710. The van der Waals surface area contributed by atoms with Crippen LogP contribution in [0.2, 0.25) is 0 Å². The first-order chi connectivity index (χ1) is 19.3. The molecule has 2 N–H and O–H groups in total. The summed E-state index contributed by atoms with van der Waals surface area (Å²) in [4.78, 5) is 51.7. The minimum absolute atomic E-state index is 0.114. The Hall–Kier alpha value is -4.83. The maximum Gasteiger partial charge on any atom is 0.338 e. The lowest BCUT2D eigenvalue weighted by Crippen LogP contribution is -2.32. The highest BCUT2D eigenvalue weighted by Gasteiger charge is 2.39. The number of nitrogens with one attached hydrogen (secondary N) is 2. The van der Waals surface area contributed by atoms with Gasteiger partial charge in [0, 0.05) is 17.3 Å². The third-order valence-electron chi connectivity index (χ3n) is 5.90. The van der Waals surface area contributed by atoms with E-state index in [-0.39, 0.29) is 16.4 Å². The fraction of sp³-hybridized carbons (Fsp3) is 0.172. The summed E-state index contributed by atoms with van der Waals surface area (Å²) in [6, 6.07) is 17.2. The fourth-order valence-electron chi connectivity index (χ4n) is 3.83. The number of hydrogen-bond acceptors (Lipinski definition) is 8.